The van der Waals surface area contributed by atoms with E-state index in [0.29, 0.717) is 6.42 Å². The minimum Gasteiger partial charge on any atom is -0.352 e. The lowest BCUT2D eigenvalue weighted by Gasteiger charge is -2.03. The highest BCUT2D eigenvalue weighted by atomic mass is 16.1. The first-order chi connectivity index (χ1) is 9.81. The second-order valence-corrected chi connectivity index (χ2v) is 5.85. The van der Waals surface area contributed by atoms with Gasteiger partial charge >= 0.3 is 0 Å². The molecule has 2 nitrogen and oxygen atoms in total. The van der Waals surface area contributed by atoms with Gasteiger partial charge in [0.25, 0.3) is 0 Å². The van der Waals surface area contributed by atoms with E-state index in [4.69, 9.17) is 0 Å². The number of carbonyl (C=O) groups is 1. The lowest BCUT2D eigenvalue weighted by Crippen LogP contribution is -2.18. The zero-order chi connectivity index (χ0) is 14.9. The first-order valence-electron chi connectivity index (χ1n) is 8.88. The third-order valence-corrected chi connectivity index (χ3v) is 3.81. The van der Waals surface area contributed by atoms with Crippen LogP contribution in [0.15, 0.2) is 0 Å². The summed E-state index contributed by atoms with van der Waals surface area (Å²) in [6, 6.07) is 0. The van der Waals surface area contributed by atoms with Crippen LogP contribution >= 0.6 is 0 Å². The summed E-state index contributed by atoms with van der Waals surface area (Å²) in [5, 5.41) is 2.72. The molecule has 0 saturated carbocycles. The van der Waals surface area contributed by atoms with Crippen molar-refractivity contribution in [2.45, 2.75) is 104 Å². The van der Waals surface area contributed by atoms with Crippen LogP contribution in [0.25, 0.3) is 0 Å². The molecular weight excluding hydrogens is 246 g/mol. The van der Waals surface area contributed by atoms with Crippen molar-refractivity contribution >= 4 is 5.91 Å². The van der Waals surface area contributed by atoms with Crippen LogP contribution in [0.2, 0.25) is 0 Å². The molecule has 0 aromatic rings. The van der Waals surface area contributed by atoms with Gasteiger partial charge in [0.2, 0.25) is 5.91 Å². The third-order valence-electron chi connectivity index (χ3n) is 3.81. The molecule has 0 unspecified atom stereocenters. The van der Waals surface area contributed by atoms with Crippen molar-refractivity contribution in [1.82, 2.24) is 5.32 Å². The first kappa shape index (κ1) is 19.5. The van der Waals surface area contributed by atoms with E-state index < -0.39 is 0 Å². The van der Waals surface area contributed by atoms with Gasteiger partial charge in [-0.2, -0.15) is 0 Å². The van der Waals surface area contributed by atoms with Gasteiger partial charge in [-0.3, -0.25) is 4.79 Å². The number of unbranched alkanes of at least 4 members (excludes halogenated alkanes) is 12. The lowest BCUT2D eigenvalue weighted by molar-refractivity contribution is -0.120. The number of carbonyl (C=O) groups excluding carboxylic acids is 1. The van der Waals surface area contributed by atoms with Crippen molar-refractivity contribution in [2.75, 3.05) is 0 Å². The van der Waals surface area contributed by atoms with Gasteiger partial charge in [-0.15, -0.1) is 0 Å². The van der Waals surface area contributed by atoms with E-state index in [9.17, 15) is 4.79 Å². The van der Waals surface area contributed by atoms with Crippen LogP contribution in [0, 0.1) is 6.54 Å². The van der Waals surface area contributed by atoms with Crippen LogP contribution in [0.5, 0.6) is 0 Å². The van der Waals surface area contributed by atoms with Crippen LogP contribution < -0.4 is 5.32 Å². The van der Waals surface area contributed by atoms with Gasteiger partial charge in [0.05, 0.1) is 0 Å². The lowest BCUT2D eigenvalue weighted by atomic mass is 10.0. The third kappa shape index (κ3) is 15.5. The quantitative estimate of drug-likeness (QED) is 0.380. The molecule has 119 valence electrons. The van der Waals surface area contributed by atoms with Crippen molar-refractivity contribution in [3.63, 3.8) is 0 Å². The van der Waals surface area contributed by atoms with Gasteiger partial charge in [0, 0.05) is 13.0 Å². The summed E-state index contributed by atoms with van der Waals surface area (Å²) in [6.45, 7) is 5.83. The monoisotopic (exact) mass is 282 g/mol. The Hall–Kier alpha value is -0.530. The van der Waals surface area contributed by atoms with Gasteiger partial charge in [0.15, 0.2) is 0 Å². The van der Waals surface area contributed by atoms with E-state index in [1.165, 1.54) is 77.0 Å². The number of rotatable bonds is 15. The largest absolute Gasteiger partial charge is 0.352 e. The van der Waals surface area contributed by atoms with Gasteiger partial charge in [0.1, 0.15) is 0 Å². The van der Waals surface area contributed by atoms with Gasteiger partial charge < -0.3 is 5.32 Å². The summed E-state index contributed by atoms with van der Waals surface area (Å²) in [5.74, 6) is 0.163. The van der Waals surface area contributed by atoms with Gasteiger partial charge in [-0.1, -0.05) is 84.0 Å². The Balaban J connectivity index is 3.01. The summed E-state index contributed by atoms with van der Waals surface area (Å²) >= 11 is 0. The zero-order valence-electron chi connectivity index (χ0n) is 13.9. The second kappa shape index (κ2) is 16.5. The highest BCUT2D eigenvalue weighted by molar-refractivity contribution is 5.76. The van der Waals surface area contributed by atoms with E-state index in [2.05, 4.69) is 12.2 Å². The fraction of sp³-hybridized carbons (Fsp3) is 0.889. The Bertz CT molecular complexity index is 204. The molecule has 0 spiro atoms. The molecule has 1 N–H and O–H groups in total. The van der Waals surface area contributed by atoms with Gasteiger partial charge in [-0.05, 0) is 13.3 Å². The van der Waals surface area contributed by atoms with Crippen molar-refractivity contribution in [3.8, 4) is 0 Å². The van der Waals surface area contributed by atoms with Crippen LogP contribution in [0.3, 0.4) is 0 Å². The molecule has 1 radical (unpaired) electrons. The average Bonchev–Trinajstić information content (AvgIpc) is 2.44. The van der Waals surface area contributed by atoms with E-state index >= 15 is 0 Å². The first-order valence-corrected chi connectivity index (χ1v) is 8.88. The molecule has 1 amide bonds. The molecule has 2 heteroatoms. The topological polar surface area (TPSA) is 29.1 Å². The summed E-state index contributed by atoms with van der Waals surface area (Å²) in [6.07, 6.45) is 18.2. The molecule has 0 aliphatic rings. The number of hydrogen-bond donors (Lipinski definition) is 1. The Morgan fingerprint density at radius 2 is 1.15 bits per heavy atom. The molecule has 0 atom stereocenters. The van der Waals surface area contributed by atoms with Crippen LogP contribution in [-0.4, -0.2) is 5.91 Å². The SMILES string of the molecule is C[CH]NC(=O)CCCCCCCCCCCCCCC. The summed E-state index contributed by atoms with van der Waals surface area (Å²) in [4.78, 5) is 11.2. The van der Waals surface area contributed by atoms with Crippen molar-refractivity contribution in [2.24, 2.45) is 0 Å². The molecule has 0 aromatic heterocycles. The molecule has 0 aliphatic heterocycles. The summed E-state index contributed by atoms with van der Waals surface area (Å²) in [7, 11) is 0. The Labute approximate surface area is 127 Å². The maximum absolute atomic E-state index is 11.2. The van der Waals surface area contributed by atoms with E-state index in [1.54, 1.807) is 6.54 Å². The molecule has 0 saturated heterocycles. The zero-order valence-corrected chi connectivity index (χ0v) is 13.9. The molecule has 0 fully saturated rings. The molecular formula is C18H36NO. The molecule has 0 aliphatic carbocycles. The standard InChI is InChI=1S/C18H36NO/c1-3-5-6-7-8-9-10-11-12-13-14-15-16-17-18(20)19-4-2/h4H,3,5-17H2,1-2H3,(H,19,20). The van der Waals surface area contributed by atoms with Crippen LogP contribution in [-0.2, 0) is 4.79 Å². The van der Waals surface area contributed by atoms with Crippen LogP contribution in [0.1, 0.15) is 104 Å². The van der Waals surface area contributed by atoms with Crippen molar-refractivity contribution in [3.05, 3.63) is 6.54 Å². The maximum atomic E-state index is 11.2. The van der Waals surface area contributed by atoms with E-state index in [-0.39, 0.29) is 5.91 Å². The Morgan fingerprint density at radius 1 is 0.750 bits per heavy atom. The van der Waals surface area contributed by atoms with E-state index in [1.807, 2.05) is 6.92 Å². The van der Waals surface area contributed by atoms with Crippen molar-refractivity contribution < 1.29 is 4.79 Å². The predicted octanol–water partition coefficient (Wildman–Crippen LogP) is 5.77. The van der Waals surface area contributed by atoms with E-state index in [0.717, 1.165) is 6.42 Å². The maximum Gasteiger partial charge on any atom is 0.220 e. The number of nitrogens with one attached hydrogen (secondary N) is 1. The molecule has 20 heavy (non-hydrogen) atoms. The fourth-order valence-corrected chi connectivity index (χ4v) is 2.54. The predicted molar refractivity (Wildman–Crippen MR) is 88.4 cm³/mol. The molecule has 0 heterocycles. The van der Waals surface area contributed by atoms with Crippen molar-refractivity contribution in [1.29, 1.82) is 0 Å². The normalized spacial score (nSPS) is 10.7. The second-order valence-electron chi connectivity index (χ2n) is 5.85. The van der Waals surface area contributed by atoms with Crippen LogP contribution in [0.4, 0.5) is 0 Å². The smallest absolute Gasteiger partial charge is 0.220 e. The number of hydrogen-bond acceptors (Lipinski definition) is 1. The molecule has 0 rings (SSSR count). The highest BCUT2D eigenvalue weighted by Gasteiger charge is 1.98. The fourth-order valence-electron chi connectivity index (χ4n) is 2.54. The highest BCUT2D eigenvalue weighted by Crippen LogP contribution is 2.12. The minimum absolute atomic E-state index is 0.163. The van der Waals surface area contributed by atoms with Gasteiger partial charge in [-0.25, -0.2) is 0 Å². The Morgan fingerprint density at radius 3 is 1.55 bits per heavy atom. The average molecular weight is 282 g/mol. The number of amides is 1. The summed E-state index contributed by atoms with van der Waals surface area (Å²) < 4.78 is 0. The summed E-state index contributed by atoms with van der Waals surface area (Å²) in [5.41, 5.74) is 0. The molecule has 0 bridgehead atoms. The molecule has 0 aromatic carbocycles. The minimum atomic E-state index is 0.163. The Kier molecular flexibility index (Phi) is 16.1.